The fourth-order valence-electron chi connectivity index (χ4n) is 15.1. The van der Waals surface area contributed by atoms with Crippen LogP contribution >= 0.6 is 0 Å². The molecule has 0 N–H and O–H groups in total. The lowest BCUT2D eigenvalue weighted by Crippen LogP contribution is -2.05. The van der Waals surface area contributed by atoms with Crippen molar-refractivity contribution in [2.75, 3.05) is 0 Å². The van der Waals surface area contributed by atoms with Crippen molar-refractivity contribution in [2.24, 2.45) is 0 Å². The first kappa shape index (κ1) is 58.5. The van der Waals surface area contributed by atoms with Crippen molar-refractivity contribution < 1.29 is 0 Å². The van der Waals surface area contributed by atoms with E-state index >= 15 is 0 Å². The van der Waals surface area contributed by atoms with Crippen molar-refractivity contribution in [3.8, 4) is 118 Å². The van der Waals surface area contributed by atoms with Crippen LogP contribution in [-0.2, 0) is 0 Å². The second-order valence-corrected chi connectivity index (χ2v) is 25.7. The highest BCUT2D eigenvalue weighted by atomic mass is 15.1. The van der Waals surface area contributed by atoms with E-state index < -0.39 is 0 Å². The molecule has 19 rings (SSSR count). The molecule has 0 amide bonds. The van der Waals surface area contributed by atoms with Gasteiger partial charge in [0.15, 0.2) is 23.2 Å². The molecule has 0 fully saturated rings. The molecule has 4 heterocycles. The highest BCUT2D eigenvalue weighted by molar-refractivity contribution is 6.15. The number of para-hydroxylation sites is 2. The Bertz CT molecular complexity index is 6290. The molecule has 0 aliphatic carbocycles. The molecule has 0 saturated heterocycles. The topological polar surface area (TPSA) is 57.8 Å². The van der Waals surface area contributed by atoms with Gasteiger partial charge in [-0.2, -0.15) is 0 Å². The second kappa shape index (κ2) is 24.4. The maximum absolute atomic E-state index is 8.53. The first-order valence-electron chi connectivity index (χ1n) is 34.1. The van der Waals surface area contributed by atoms with Crippen LogP contribution in [0.15, 0.2) is 358 Å². The molecule has 7 heteroatoms. The predicted molar refractivity (Wildman–Crippen MR) is 418 cm³/mol. The lowest BCUT2D eigenvalue weighted by Gasteiger charge is -2.20. The molecule has 19 aromatic rings. The van der Waals surface area contributed by atoms with Crippen molar-refractivity contribution >= 4 is 71.1 Å². The highest BCUT2D eigenvalue weighted by Crippen LogP contribution is 2.46. The predicted octanol–water partition coefficient (Wildman–Crippen LogP) is 24.7. The van der Waals surface area contributed by atoms with Crippen LogP contribution in [-0.4, -0.2) is 28.7 Å². The fourth-order valence-corrected chi connectivity index (χ4v) is 15.1. The van der Waals surface area contributed by atoms with Crippen LogP contribution < -0.4 is 0 Å². The van der Waals surface area contributed by atoms with Crippen molar-refractivity contribution in [1.29, 1.82) is 0 Å². The molecule has 0 aliphatic heterocycles. The van der Waals surface area contributed by atoms with E-state index in [4.69, 9.17) is 21.5 Å². The zero-order valence-electron chi connectivity index (χ0n) is 54.7. The molecular weight excluding hydrogens is 1230 g/mol. The van der Waals surface area contributed by atoms with Crippen LogP contribution in [0.3, 0.4) is 0 Å². The number of hydrogen-bond acceptors (Lipinski definition) is 3. The van der Waals surface area contributed by atoms with E-state index in [1.165, 1.54) is 21.9 Å². The molecule has 7 nitrogen and oxygen atoms in total. The van der Waals surface area contributed by atoms with E-state index in [1.807, 2.05) is 30.3 Å². The molecule has 0 radical (unpaired) electrons. The van der Waals surface area contributed by atoms with E-state index in [1.54, 1.807) is 0 Å². The van der Waals surface area contributed by atoms with Gasteiger partial charge in [0.1, 0.15) is 0 Å². The Morgan fingerprint density at radius 3 is 0.950 bits per heavy atom. The zero-order chi connectivity index (χ0) is 66.9. The normalized spacial score (nSPS) is 11.6. The standard InChI is InChI=1S/C94H59N7/c1-95-73-46-53-90(100-86-49-42-68(62-26-10-3-11-27-62)55-78(86)79-56-69(43-50-87(79)100)63-28-12-4-13-29-63)82(60-73)94-97-92(66-34-18-7-19-35-66)96-93(98-94)72-40-47-76(74-36-20-22-38-83(74)99-84-39-23-21-37-75(84)77-54-67(41-48-85(77)99)61-24-8-2-9-25-61)91(59-72)101-88-51-44-70(64-30-14-5-15-31-64)57-80(88)81-58-71(45-52-89(81)101)65-32-16-6-17-33-65/h2-60H. The van der Waals surface area contributed by atoms with E-state index in [0.717, 1.165) is 138 Å². The third kappa shape index (κ3) is 10.2. The maximum atomic E-state index is 8.53. The molecule has 0 aliphatic rings. The molecule has 101 heavy (non-hydrogen) atoms. The number of benzene rings is 15. The summed E-state index contributed by atoms with van der Waals surface area (Å²) >= 11 is 0. The smallest absolute Gasteiger partial charge is 0.188 e. The van der Waals surface area contributed by atoms with E-state index in [0.29, 0.717) is 28.7 Å². The van der Waals surface area contributed by atoms with Gasteiger partial charge in [0.05, 0.1) is 56.7 Å². The van der Waals surface area contributed by atoms with Crippen LogP contribution in [0.2, 0.25) is 0 Å². The molecule has 0 atom stereocenters. The fraction of sp³-hybridized carbons (Fsp3) is 0. The number of fused-ring (bicyclic) bond motifs is 9. The number of aromatic nitrogens is 6. The summed E-state index contributed by atoms with van der Waals surface area (Å²) in [6.45, 7) is 8.53. The number of nitrogens with zero attached hydrogens (tertiary/aromatic N) is 7. The van der Waals surface area contributed by atoms with Gasteiger partial charge in [0, 0.05) is 60.1 Å². The highest BCUT2D eigenvalue weighted by Gasteiger charge is 2.26. The average Bonchev–Trinajstić information content (AvgIpc) is 1.61. The minimum absolute atomic E-state index is 0.433. The van der Waals surface area contributed by atoms with Crippen molar-refractivity contribution in [1.82, 2.24) is 28.7 Å². The molecule has 0 bridgehead atoms. The van der Waals surface area contributed by atoms with E-state index in [-0.39, 0.29) is 0 Å². The number of hydrogen-bond donors (Lipinski definition) is 0. The van der Waals surface area contributed by atoms with Crippen LogP contribution in [0, 0.1) is 6.57 Å². The summed E-state index contributed by atoms with van der Waals surface area (Å²) < 4.78 is 7.22. The monoisotopic (exact) mass is 1290 g/mol. The molecular formula is C94H59N7. The van der Waals surface area contributed by atoms with Crippen molar-refractivity contribution in [2.45, 2.75) is 0 Å². The van der Waals surface area contributed by atoms with E-state index in [2.05, 4.69) is 346 Å². The summed E-state index contributed by atoms with van der Waals surface area (Å²) in [6.07, 6.45) is 0. The second-order valence-electron chi connectivity index (χ2n) is 25.7. The molecule has 0 saturated carbocycles. The van der Waals surface area contributed by atoms with Gasteiger partial charge in [-0.1, -0.05) is 267 Å². The summed E-state index contributed by atoms with van der Waals surface area (Å²) in [4.78, 5) is 20.7. The first-order chi connectivity index (χ1) is 50.0. The Kier molecular flexibility index (Phi) is 14.1. The summed E-state index contributed by atoms with van der Waals surface area (Å²) in [5, 5.41) is 6.80. The third-order valence-corrected chi connectivity index (χ3v) is 19.9. The Balaban J connectivity index is 0.867. The Labute approximate surface area is 583 Å². The molecule has 0 unspecified atom stereocenters. The average molecular weight is 1290 g/mol. The van der Waals surface area contributed by atoms with Gasteiger partial charge in [-0.15, -0.1) is 0 Å². The van der Waals surface area contributed by atoms with Gasteiger partial charge in [0.2, 0.25) is 0 Å². The van der Waals surface area contributed by atoms with Crippen molar-refractivity contribution in [3.63, 3.8) is 0 Å². The summed E-state index contributed by atoms with van der Waals surface area (Å²) in [6, 6.07) is 128. The maximum Gasteiger partial charge on any atom is 0.188 e. The molecule has 0 spiro atoms. The van der Waals surface area contributed by atoms with Crippen LogP contribution in [0.4, 0.5) is 5.69 Å². The van der Waals surface area contributed by atoms with E-state index in [9.17, 15) is 0 Å². The molecule has 4 aromatic heterocycles. The van der Waals surface area contributed by atoms with Crippen LogP contribution in [0.5, 0.6) is 0 Å². The quantitative estimate of drug-likeness (QED) is 0.115. The Hall–Kier alpha value is -13.8. The van der Waals surface area contributed by atoms with Gasteiger partial charge >= 0.3 is 0 Å². The lowest BCUT2D eigenvalue weighted by molar-refractivity contribution is 1.06. The van der Waals surface area contributed by atoms with Gasteiger partial charge in [0.25, 0.3) is 0 Å². The molecule has 15 aromatic carbocycles. The Morgan fingerprint density at radius 2 is 0.515 bits per heavy atom. The van der Waals surface area contributed by atoms with Crippen LogP contribution in [0.25, 0.3) is 188 Å². The van der Waals surface area contributed by atoms with Crippen LogP contribution in [0.1, 0.15) is 0 Å². The lowest BCUT2D eigenvalue weighted by atomic mass is 9.98. The van der Waals surface area contributed by atoms with Gasteiger partial charge in [-0.3, -0.25) is 0 Å². The first-order valence-corrected chi connectivity index (χ1v) is 34.1. The third-order valence-electron chi connectivity index (χ3n) is 19.9. The van der Waals surface area contributed by atoms with Gasteiger partial charge < -0.3 is 13.7 Å². The summed E-state index contributed by atoms with van der Waals surface area (Å²) in [7, 11) is 0. The van der Waals surface area contributed by atoms with Crippen molar-refractivity contribution in [3.05, 3.63) is 369 Å². The molecule has 470 valence electrons. The minimum Gasteiger partial charge on any atom is -0.309 e. The minimum atomic E-state index is 0.433. The number of rotatable bonds is 12. The van der Waals surface area contributed by atoms with Gasteiger partial charge in [-0.25, -0.2) is 19.8 Å². The summed E-state index contributed by atoms with van der Waals surface area (Å²) in [5.74, 6) is 1.41. The zero-order valence-corrected chi connectivity index (χ0v) is 54.7. The summed E-state index contributed by atoms with van der Waals surface area (Å²) in [5.41, 5.74) is 25.4. The Morgan fingerprint density at radius 1 is 0.198 bits per heavy atom. The SMILES string of the molecule is [C-]#[N+]c1ccc(-n2c3ccc(-c4ccccc4)cc3c3cc(-c4ccccc4)ccc32)c(-c2nc(-c3ccccc3)nc(-c3ccc(-c4ccccc4-n4c5ccccc5c5cc(-c6ccccc6)ccc54)c(-n4c5ccc(-c6ccccc6)cc5c5cc(-c6ccccc6)ccc54)c3)n2)c1. The largest absolute Gasteiger partial charge is 0.309 e. The van der Waals surface area contributed by atoms with Gasteiger partial charge in [-0.05, 0) is 147 Å².